The van der Waals surface area contributed by atoms with E-state index in [0.29, 0.717) is 6.67 Å². The molecule has 7 nitrogen and oxygen atoms in total. The molecule has 1 aromatic rings. The van der Waals surface area contributed by atoms with E-state index < -0.39 is 4.92 Å². The second kappa shape index (κ2) is 7.35. The first-order valence-electron chi connectivity index (χ1n) is 7.20. The molecule has 20 heavy (non-hydrogen) atoms. The van der Waals surface area contributed by atoms with Crippen molar-refractivity contribution >= 4 is 5.69 Å². The monoisotopic (exact) mass is 282 g/mol. The molecule has 112 valence electrons. The molecule has 1 atom stereocenters. The number of nitro groups is 1. The highest BCUT2D eigenvalue weighted by molar-refractivity contribution is 5.20. The minimum Gasteiger partial charge on any atom is -0.377 e. The zero-order chi connectivity index (χ0) is 14.4. The maximum absolute atomic E-state index is 10.7. The SMILES string of the molecule is CCCN(C[C@@H]1CCCCO1)Cn1cc([N+](=O)[O-])cn1. The fourth-order valence-corrected chi connectivity index (χ4v) is 2.50. The molecule has 0 spiro atoms. The molecule has 0 saturated carbocycles. The van der Waals surface area contributed by atoms with Crippen molar-refractivity contribution in [1.29, 1.82) is 0 Å². The third-order valence-corrected chi connectivity index (χ3v) is 3.45. The van der Waals surface area contributed by atoms with Crippen molar-refractivity contribution in [2.24, 2.45) is 0 Å². The Hall–Kier alpha value is -1.47. The van der Waals surface area contributed by atoms with Crippen molar-refractivity contribution in [2.75, 3.05) is 19.7 Å². The molecule has 2 rings (SSSR count). The van der Waals surface area contributed by atoms with Crippen molar-refractivity contribution in [1.82, 2.24) is 14.7 Å². The Morgan fingerprint density at radius 1 is 1.60 bits per heavy atom. The van der Waals surface area contributed by atoms with E-state index in [4.69, 9.17) is 4.74 Å². The largest absolute Gasteiger partial charge is 0.377 e. The Kier molecular flexibility index (Phi) is 5.49. The van der Waals surface area contributed by atoms with E-state index in [2.05, 4.69) is 16.9 Å². The fraction of sp³-hybridized carbons (Fsp3) is 0.769. The van der Waals surface area contributed by atoms with Crippen LogP contribution in [-0.4, -0.2) is 45.4 Å². The van der Waals surface area contributed by atoms with Gasteiger partial charge in [0.1, 0.15) is 12.4 Å². The quantitative estimate of drug-likeness (QED) is 0.565. The van der Waals surface area contributed by atoms with Gasteiger partial charge >= 0.3 is 5.69 Å². The topological polar surface area (TPSA) is 73.4 Å². The summed E-state index contributed by atoms with van der Waals surface area (Å²) in [6.07, 6.45) is 7.55. The Morgan fingerprint density at radius 2 is 2.45 bits per heavy atom. The molecule has 1 aliphatic heterocycles. The zero-order valence-electron chi connectivity index (χ0n) is 11.9. The molecule has 0 radical (unpaired) electrons. The second-order valence-corrected chi connectivity index (χ2v) is 5.20. The van der Waals surface area contributed by atoms with Crippen LogP contribution < -0.4 is 0 Å². The zero-order valence-corrected chi connectivity index (χ0v) is 11.9. The summed E-state index contributed by atoms with van der Waals surface area (Å²) in [4.78, 5) is 12.5. The van der Waals surface area contributed by atoms with Gasteiger partial charge in [-0.15, -0.1) is 0 Å². The number of ether oxygens (including phenoxy) is 1. The number of aromatic nitrogens is 2. The predicted molar refractivity (Wildman–Crippen MR) is 74.3 cm³/mol. The third kappa shape index (κ3) is 4.28. The van der Waals surface area contributed by atoms with Crippen LogP contribution in [0.1, 0.15) is 32.6 Å². The van der Waals surface area contributed by atoms with Crippen molar-refractivity contribution in [3.63, 3.8) is 0 Å². The Bertz CT molecular complexity index is 429. The van der Waals surface area contributed by atoms with E-state index in [1.165, 1.54) is 18.8 Å². The summed E-state index contributed by atoms with van der Waals surface area (Å²) in [6.45, 7) is 5.34. The molecule has 1 aliphatic rings. The maximum atomic E-state index is 10.7. The summed E-state index contributed by atoms with van der Waals surface area (Å²) in [5.41, 5.74) is 0.0374. The maximum Gasteiger partial charge on any atom is 0.307 e. The lowest BCUT2D eigenvalue weighted by Crippen LogP contribution is -2.37. The van der Waals surface area contributed by atoms with E-state index in [-0.39, 0.29) is 11.8 Å². The van der Waals surface area contributed by atoms with Gasteiger partial charge in [-0.2, -0.15) is 5.10 Å². The van der Waals surface area contributed by atoms with Gasteiger partial charge in [-0.25, -0.2) is 0 Å². The van der Waals surface area contributed by atoms with Gasteiger partial charge in [0.05, 0.1) is 17.7 Å². The van der Waals surface area contributed by atoms with Gasteiger partial charge in [0, 0.05) is 13.2 Å². The number of hydrogen-bond donors (Lipinski definition) is 0. The van der Waals surface area contributed by atoms with Crippen LogP contribution >= 0.6 is 0 Å². The average Bonchev–Trinajstić information content (AvgIpc) is 2.89. The van der Waals surface area contributed by atoms with Gasteiger partial charge in [-0.1, -0.05) is 6.92 Å². The molecule has 1 fully saturated rings. The van der Waals surface area contributed by atoms with Crippen molar-refractivity contribution in [3.8, 4) is 0 Å². The van der Waals surface area contributed by atoms with Gasteiger partial charge < -0.3 is 4.74 Å². The lowest BCUT2D eigenvalue weighted by Gasteiger charge is -2.29. The average molecular weight is 282 g/mol. The smallest absolute Gasteiger partial charge is 0.307 e. The minimum atomic E-state index is -0.419. The molecular weight excluding hydrogens is 260 g/mol. The highest BCUT2D eigenvalue weighted by atomic mass is 16.6. The normalized spacial score (nSPS) is 19.4. The van der Waals surface area contributed by atoms with Gasteiger partial charge in [-0.3, -0.25) is 19.7 Å². The van der Waals surface area contributed by atoms with Gasteiger partial charge in [-0.05, 0) is 32.2 Å². The minimum absolute atomic E-state index is 0.0374. The van der Waals surface area contributed by atoms with E-state index in [1.807, 2.05) is 0 Å². The summed E-state index contributed by atoms with van der Waals surface area (Å²) in [5.74, 6) is 0. The molecule has 0 bridgehead atoms. The Morgan fingerprint density at radius 3 is 3.05 bits per heavy atom. The van der Waals surface area contributed by atoms with Crippen LogP contribution in [0.15, 0.2) is 12.4 Å². The van der Waals surface area contributed by atoms with Crippen LogP contribution in [0.2, 0.25) is 0 Å². The molecule has 0 aliphatic carbocycles. The van der Waals surface area contributed by atoms with Gasteiger partial charge in [0.25, 0.3) is 0 Å². The summed E-state index contributed by atoms with van der Waals surface area (Å²) < 4.78 is 7.38. The molecule has 7 heteroatoms. The number of hydrogen-bond acceptors (Lipinski definition) is 5. The lowest BCUT2D eigenvalue weighted by molar-refractivity contribution is -0.385. The predicted octanol–water partition coefficient (Wildman–Crippen LogP) is 2.03. The van der Waals surface area contributed by atoms with Crippen molar-refractivity contribution in [2.45, 2.75) is 45.4 Å². The first-order valence-corrected chi connectivity index (χ1v) is 7.20. The number of nitrogens with zero attached hydrogens (tertiary/aromatic N) is 4. The lowest BCUT2D eigenvalue weighted by atomic mass is 10.1. The Balaban J connectivity index is 1.91. The fourth-order valence-electron chi connectivity index (χ4n) is 2.50. The van der Waals surface area contributed by atoms with Crippen molar-refractivity contribution < 1.29 is 9.66 Å². The van der Waals surface area contributed by atoms with Crippen LogP contribution in [-0.2, 0) is 11.4 Å². The molecular formula is C13H22N4O3. The van der Waals surface area contributed by atoms with Crippen LogP contribution in [0.4, 0.5) is 5.69 Å². The standard InChI is InChI=1S/C13H22N4O3/c1-2-6-15(10-13-5-3-4-7-20-13)11-16-9-12(8-14-16)17(18)19/h8-9,13H,2-7,10-11H2,1H3/t13-/m0/s1. The van der Waals surface area contributed by atoms with Gasteiger partial charge in [0.15, 0.2) is 0 Å². The summed E-state index contributed by atoms with van der Waals surface area (Å²) >= 11 is 0. The van der Waals surface area contributed by atoms with Crippen LogP contribution in [0.25, 0.3) is 0 Å². The summed E-state index contributed by atoms with van der Waals surface area (Å²) in [7, 11) is 0. The van der Waals surface area contributed by atoms with Crippen molar-refractivity contribution in [3.05, 3.63) is 22.5 Å². The molecule has 1 saturated heterocycles. The van der Waals surface area contributed by atoms with Crippen LogP contribution in [0.5, 0.6) is 0 Å². The first kappa shape index (κ1) is 14.9. The van der Waals surface area contributed by atoms with E-state index >= 15 is 0 Å². The van der Waals surface area contributed by atoms with E-state index in [9.17, 15) is 10.1 Å². The summed E-state index contributed by atoms with van der Waals surface area (Å²) in [6, 6.07) is 0. The van der Waals surface area contributed by atoms with E-state index in [1.54, 1.807) is 4.68 Å². The Labute approximate surface area is 118 Å². The third-order valence-electron chi connectivity index (χ3n) is 3.45. The molecule has 0 amide bonds. The second-order valence-electron chi connectivity index (χ2n) is 5.20. The highest BCUT2D eigenvalue weighted by Gasteiger charge is 2.18. The van der Waals surface area contributed by atoms with Crippen LogP contribution in [0.3, 0.4) is 0 Å². The van der Waals surface area contributed by atoms with Crippen LogP contribution in [0, 0.1) is 10.1 Å². The summed E-state index contributed by atoms with van der Waals surface area (Å²) in [5, 5.41) is 14.7. The van der Waals surface area contributed by atoms with E-state index in [0.717, 1.165) is 39.0 Å². The molecule has 1 aromatic heterocycles. The highest BCUT2D eigenvalue weighted by Crippen LogP contribution is 2.15. The van der Waals surface area contributed by atoms with Gasteiger partial charge in [0.2, 0.25) is 0 Å². The first-order chi connectivity index (χ1) is 9.69. The molecule has 0 unspecified atom stereocenters. The number of rotatable bonds is 7. The molecule has 0 aromatic carbocycles. The molecule has 2 heterocycles. The molecule has 0 N–H and O–H groups in total.